The molecule has 4 aromatic rings. The van der Waals surface area contributed by atoms with E-state index < -0.39 is 0 Å². The molecule has 0 unspecified atom stereocenters. The van der Waals surface area contributed by atoms with E-state index in [1.54, 1.807) is 47.6 Å². The molecule has 0 aliphatic rings. The normalized spacial score (nSPS) is 10.8. The fourth-order valence-corrected chi connectivity index (χ4v) is 2.68. The summed E-state index contributed by atoms with van der Waals surface area (Å²) in [5.74, 6) is 0.704. The number of furan rings is 1. The van der Waals surface area contributed by atoms with Crippen LogP contribution in [0.4, 0.5) is 5.95 Å². The lowest BCUT2D eigenvalue weighted by Crippen LogP contribution is -2.19. The summed E-state index contributed by atoms with van der Waals surface area (Å²) in [5, 5.41) is 0. The average Bonchev–Trinajstić information content (AvgIpc) is 3.19. The molecule has 0 saturated carbocycles. The number of aromatic nitrogens is 4. The maximum Gasteiger partial charge on any atom is 0.251 e. The van der Waals surface area contributed by atoms with E-state index in [9.17, 15) is 4.79 Å². The monoisotopic (exact) mass is 345 g/mol. The van der Waals surface area contributed by atoms with E-state index in [0.29, 0.717) is 29.1 Å². The van der Waals surface area contributed by atoms with Crippen LogP contribution in [0.3, 0.4) is 0 Å². The largest absolute Gasteiger partial charge is 0.463 e. The Bertz CT molecular complexity index is 1090. The van der Waals surface area contributed by atoms with Gasteiger partial charge in [0.25, 0.3) is 5.56 Å². The number of hydrogen-bond acceptors (Lipinski definition) is 6. The summed E-state index contributed by atoms with van der Waals surface area (Å²) in [4.78, 5) is 25.1. The van der Waals surface area contributed by atoms with Crippen molar-refractivity contribution in [3.63, 3.8) is 0 Å². The molecule has 0 bridgehead atoms. The van der Waals surface area contributed by atoms with Crippen molar-refractivity contribution < 1.29 is 4.42 Å². The molecule has 0 amide bonds. The molecule has 4 aromatic heterocycles. The van der Waals surface area contributed by atoms with E-state index in [2.05, 4.69) is 15.0 Å². The first kappa shape index (κ1) is 15.8. The Kier molecular flexibility index (Phi) is 4.03. The third-order valence-electron chi connectivity index (χ3n) is 3.93. The van der Waals surface area contributed by atoms with Gasteiger partial charge in [-0.25, -0.2) is 9.97 Å². The van der Waals surface area contributed by atoms with Gasteiger partial charge in [-0.2, -0.15) is 0 Å². The minimum atomic E-state index is -0.143. The summed E-state index contributed by atoms with van der Waals surface area (Å²) in [6.07, 6.45) is 6.59. The molecule has 7 nitrogen and oxygen atoms in total. The van der Waals surface area contributed by atoms with Crippen LogP contribution in [-0.4, -0.2) is 19.5 Å². The van der Waals surface area contributed by atoms with Gasteiger partial charge in [-0.15, -0.1) is 0 Å². The van der Waals surface area contributed by atoms with E-state index in [4.69, 9.17) is 10.2 Å². The minimum Gasteiger partial charge on any atom is -0.463 e. The number of anilines is 1. The highest BCUT2D eigenvalue weighted by Gasteiger charge is 2.14. The van der Waals surface area contributed by atoms with Crippen LogP contribution in [0.25, 0.3) is 22.6 Å². The predicted molar refractivity (Wildman–Crippen MR) is 97.2 cm³/mol. The third kappa shape index (κ3) is 3.10. The lowest BCUT2D eigenvalue weighted by Gasteiger charge is -2.09. The summed E-state index contributed by atoms with van der Waals surface area (Å²) < 4.78 is 7.03. The van der Waals surface area contributed by atoms with E-state index in [1.807, 2.05) is 24.3 Å². The standard InChI is InChI=1S/C19H15N5O2/c20-19-22-11-15(18(23-19)16-5-3-9-26-16)13-6-8-24(17(25)10-13)12-14-4-1-2-7-21-14/h1-11H,12H2,(H2,20,22,23). The van der Waals surface area contributed by atoms with E-state index in [0.717, 1.165) is 5.69 Å². The number of pyridine rings is 2. The maximum absolute atomic E-state index is 12.5. The predicted octanol–water partition coefficient (Wildman–Crippen LogP) is 2.59. The van der Waals surface area contributed by atoms with Crippen molar-refractivity contribution in [3.05, 3.63) is 83.4 Å². The van der Waals surface area contributed by atoms with Crippen molar-refractivity contribution in [2.75, 3.05) is 5.73 Å². The molecule has 4 rings (SSSR count). The molecule has 2 N–H and O–H groups in total. The lowest BCUT2D eigenvalue weighted by atomic mass is 10.1. The van der Waals surface area contributed by atoms with Crippen molar-refractivity contribution in [3.8, 4) is 22.6 Å². The summed E-state index contributed by atoms with van der Waals surface area (Å²) in [6, 6.07) is 12.5. The number of hydrogen-bond donors (Lipinski definition) is 1. The van der Waals surface area contributed by atoms with Gasteiger partial charge in [-0.05, 0) is 35.9 Å². The van der Waals surface area contributed by atoms with Crippen LogP contribution in [0.1, 0.15) is 5.69 Å². The van der Waals surface area contributed by atoms with Crippen molar-refractivity contribution in [2.24, 2.45) is 0 Å². The highest BCUT2D eigenvalue weighted by molar-refractivity contribution is 5.78. The SMILES string of the molecule is Nc1ncc(-c2ccn(Cc3ccccn3)c(=O)c2)c(-c2ccco2)n1. The first-order valence-corrected chi connectivity index (χ1v) is 7.98. The molecule has 0 aliphatic carbocycles. The Morgan fingerprint density at radius 1 is 1.12 bits per heavy atom. The van der Waals surface area contributed by atoms with Gasteiger partial charge >= 0.3 is 0 Å². The van der Waals surface area contributed by atoms with Crippen LogP contribution in [0.2, 0.25) is 0 Å². The van der Waals surface area contributed by atoms with Crippen LogP contribution >= 0.6 is 0 Å². The summed E-state index contributed by atoms with van der Waals surface area (Å²) in [7, 11) is 0. The Labute approximate surface area is 148 Å². The number of nitrogens with two attached hydrogens (primary N) is 1. The summed E-state index contributed by atoms with van der Waals surface area (Å²) in [6.45, 7) is 0.406. The number of nitrogens with zero attached hydrogens (tertiary/aromatic N) is 4. The first-order chi connectivity index (χ1) is 12.7. The molecule has 0 radical (unpaired) electrons. The van der Waals surface area contributed by atoms with Gasteiger partial charge in [0.05, 0.1) is 18.5 Å². The zero-order valence-electron chi connectivity index (χ0n) is 13.7. The van der Waals surface area contributed by atoms with E-state index in [-0.39, 0.29) is 11.5 Å². The third-order valence-corrected chi connectivity index (χ3v) is 3.93. The van der Waals surface area contributed by atoms with Crippen LogP contribution in [0, 0.1) is 0 Å². The average molecular weight is 345 g/mol. The second-order valence-corrected chi connectivity index (χ2v) is 5.67. The molecule has 0 atom stereocenters. The molecule has 0 aliphatic heterocycles. The fourth-order valence-electron chi connectivity index (χ4n) is 2.68. The molecule has 7 heteroatoms. The molecular formula is C19H15N5O2. The van der Waals surface area contributed by atoms with Gasteiger partial charge in [0.1, 0.15) is 5.69 Å². The zero-order valence-corrected chi connectivity index (χ0v) is 13.7. The van der Waals surface area contributed by atoms with Crippen molar-refractivity contribution >= 4 is 5.95 Å². The number of nitrogen functional groups attached to an aromatic ring is 1. The van der Waals surface area contributed by atoms with Crippen LogP contribution < -0.4 is 11.3 Å². The van der Waals surface area contributed by atoms with Gasteiger partial charge in [0, 0.05) is 30.2 Å². The Morgan fingerprint density at radius 3 is 2.77 bits per heavy atom. The van der Waals surface area contributed by atoms with E-state index >= 15 is 0 Å². The second kappa shape index (κ2) is 6.64. The Balaban J connectivity index is 1.74. The molecule has 0 aromatic carbocycles. The van der Waals surface area contributed by atoms with Crippen LogP contribution in [-0.2, 0) is 6.54 Å². The first-order valence-electron chi connectivity index (χ1n) is 7.98. The van der Waals surface area contributed by atoms with Gasteiger partial charge in [-0.1, -0.05) is 6.07 Å². The lowest BCUT2D eigenvalue weighted by molar-refractivity contribution is 0.580. The van der Waals surface area contributed by atoms with Crippen molar-refractivity contribution in [2.45, 2.75) is 6.54 Å². The summed E-state index contributed by atoms with van der Waals surface area (Å²) in [5.41, 5.74) is 8.30. The Morgan fingerprint density at radius 2 is 2.04 bits per heavy atom. The summed E-state index contributed by atoms with van der Waals surface area (Å²) >= 11 is 0. The minimum absolute atomic E-state index is 0.142. The molecule has 0 spiro atoms. The highest BCUT2D eigenvalue weighted by atomic mass is 16.3. The Hall–Kier alpha value is -3.74. The fraction of sp³-hybridized carbons (Fsp3) is 0.0526. The maximum atomic E-state index is 12.5. The van der Waals surface area contributed by atoms with E-state index in [1.165, 1.54) is 0 Å². The zero-order chi connectivity index (χ0) is 17.9. The molecule has 26 heavy (non-hydrogen) atoms. The van der Waals surface area contributed by atoms with Crippen LogP contribution in [0.15, 0.2) is 76.5 Å². The van der Waals surface area contributed by atoms with Gasteiger partial charge in [0.2, 0.25) is 5.95 Å². The highest BCUT2D eigenvalue weighted by Crippen LogP contribution is 2.29. The smallest absolute Gasteiger partial charge is 0.251 e. The topological polar surface area (TPSA) is 99.8 Å². The van der Waals surface area contributed by atoms with Gasteiger partial charge in [0.15, 0.2) is 5.76 Å². The van der Waals surface area contributed by atoms with Gasteiger partial charge < -0.3 is 14.7 Å². The van der Waals surface area contributed by atoms with Gasteiger partial charge in [-0.3, -0.25) is 9.78 Å². The number of rotatable bonds is 4. The molecule has 0 fully saturated rings. The molecular weight excluding hydrogens is 330 g/mol. The van der Waals surface area contributed by atoms with Crippen molar-refractivity contribution in [1.82, 2.24) is 19.5 Å². The molecule has 128 valence electrons. The quantitative estimate of drug-likeness (QED) is 0.610. The molecule has 4 heterocycles. The van der Waals surface area contributed by atoms with Crippen molar-refractivity contribution in [1.29, 1.82) is 0 Å². The van der Waals surface area contributed by atoms with Crippen LogP contribution in [0.5, 0.6) is 0 Å². The molecule has 0 saturated heterocycles. The second-order valence-electron chi connectivity index (χ2n) is 5.67.